The number of aryl methyl sites for hydroxylation is 2. The minimum absolute atomic E-state index is 0.0496. The van der Waals surface area contributed by atoms with Crippen LogP contribution in [0.1, 0.15) is 34.0 Å². The summed E-state index contributed by atoms with van der Waals surface area (Å²) in [4.78, 5) is 36.2. The molecular weight excluding hydrogens is 358 g/mol. The van der Waals surface area contributed by atoms with E-state index < -0.39 is 5.63 Å². The van der Waals surface area contributed by atoms with Gasteiger partial charge in [-0.3, -0.25) is 9.59 Å². The Balaban J connectivity index is 1.91. The Hall–Kier alpha value is -3.41. The Morgan fingerprint density at radius 1 is 1.11 bits per heavy atom. The zero-order valence-electron chi connectivity index (χ0n) is 16.2. The molecule has 3 rings (SSSR count). The van der Waals surface area contributed by atoms with Crippen molar-refractivity contribution in [3.63, 3.8) is 0 Å². The second kappa shape index (κ2) is 7.68. The SMILES string of the molecule is COc1cc(C)cc2oc(=O)c(CC(=O)Nc3ccc(C(C)=O)cc3)c(C)c12. The average Bonchev–Trinajstić information content (AvgIpc) is 2.64. The van der Waals surface area contributed by atoms with Crippen LogP contribution in [0.5, 0.6) is 5.75 Å². The predicted octanol–water partition coefficient (Wildman–Crippen LogP) is 3.80. The number of anilines is 1. The zero-order valence-corrected chi connectivity index (χ0v) is 16.2. The van der Waals surface area contributed by atoms with Crippen LogP contribution in [0.3, 0.4) is 0 Å². The monoisotopic (exact) mass is 379 g/mol. The van der Waals surface area contributed by atoms with E-state index >= 15 is 0 Å². The van der Waals surface area contributed by atoms with E-state index in [2.05, 4.69) is 5.32 Å². The van der Waals surface area contributed by atoms with Crippen LogP contribution in [0.4, 0.5) is 5.69 Å². The number of benzene rings is 2. The van der Waals surface area contributed by atoms with Crippen LogP contribution in [0, 0.1) is 13.8 Å². The molecule has 2 aromatic carbocycles. The van der Waals surface area contributed by atoms with Gasteiger partial charge in [-0.1, -0.05) is 0 Å². The van der Waals surface area contributed by atoms with E-state index in [0.29, 0.717) is 33.5 Å². The predicted molar refractivity (Wildman–Crippen MR) is 107 cm³/mol. The highest BCUT2D eigenvalue weighted by molar-refractivity contribution is 5.96. The summed E-state index contributed by atoms with van der Waals surface area (Å²) in [6, 6.07) is 10.2. The lowest BCUT2D eigenvalue weighted by Crippen LogP contribution is -2.20. The van der Waals surface area contributed by atoms with E-state index in [0.717, 1.165) is 5.56 Å². The minimum Gasteiger partial charge on any atom is -0.496 e. The molecule has 0 saturated heterocycles. The number of carbonyl (C=O) groups excluding carboxylic acids is 2. The van der Waals surface area contributed by atoms with Crippen LogP contribution in [0.2, 0.25) is 0 Å². The standard InChI is InChI=1S/C22H21NO5/c1-12-9-18(27-4)21-13(2)17(22(26)28-19(21)10-12)11-20(25)23-16-7-5-15(6-8-16)14(3)24/h5-10H,11H2,1-4H3,(H,23,25). The molecule has 1 amide bonds. The van der Waals surface area contributed by atoms with Crippen LogP contribution in [-0.2, 0) is 11.2 Å². The summed E-state index contributed by atoms with van der Waals surface area (Å²) in [5.41, 5.74) is 2.85. The molecule has 0 atom stereocenters. The van der Waals surface area contributed by atoms with E-state index in [9.17, 15) is 14.4 Å². The first-order valence-corrected chi connectivity index (χ1v) is 8.82. The highest BCUT2D eigenvalue weighted by Gasteiger charge is 2.18. The highest BCUT2D eigenvalue weighted by atomic mass is 16.5. The number of nitrogens with one attached hydrogen (secondary N) is 1. The Bertz CT molecular complexity index is 1130. The fourth-order valence-electron chi connectivity index (χ4n) is 3.16. The lowest BCUT2D eigenvalue weighted by Gasteiger charge is -2.12. The van der Waals surface area contributed by atoms with Crippen molar-refractivity contribution in [3.8, 4) is 5.75 Å². The van der Waals surface area contributed by atoms with E-state index in [4.69, 9.17) is 9.15 Å². The second-order valence-corrected chi connectivity index (χ2v) is 6.69. The number of amides is 1. The van der Waals surface area contributed by atoms with Crippen molar-refractivity contribution in [2.75, 3.05) is 12.4 Å². The molecule has 0 spiro atoms. The van der Waals surface area contributed by atoms with Crippen LogP contribution in [-0.4, -0.2) is 18.8 Å². The fourth-order valence-corrected chi connectivity index (χ4v) is 3.16. The van der Waals surface area contributed by atoms with Crippen LogP contribution in [0.15, 0.2) is 45.6 Å². The molecule has 6 heteroatoms. The quantitative estimate of drug-likeness (QED) is 0.538. The van der Waals surface area contributed by atoms with E-state index in [1.807, 2.05) is 13.0 Å². The number of hydrogen-bond donors (Lipinski definition) is 1. The lowest BCUT2D eigenvalue weighted by molar-refractivity contribution is -0.115. The molecule has 3 aromatic rings. The van der Waals surface area contributed by atoms with Crippen molar-refractivity contribution >= 4 is 28.3 Å². The van der Waals surface area contributed by atoms with Crippen molar-refractivity contribution in [2.45, 2.75) is 27.2 Å². The number of ketones is 1. The molecule has 0 unspecified atom stereocenters. The molecule has 0 aliphatic heterocycles. The number of fused-ring (bicyclic) bond motifs is 1. The Morgan fingerprint density at radius 3 is 2.39 bits per heavy atom. The van der Waals surface area contributed by atoms with Gasteiger partial charge in [0.05, 0.1) is 24.5 Å². The first-order chi connectivity index (χ1) is 13.3. The van der Waals surface area contributed by atoms with Gasteiger partial charge in [-0.2, -0.15) is 0 Å². The Labute approximate surface area is 162 Å². The van der Waals surface area contributed by atoms with Gasteiger partial charge in [0.1, 0.15) is 11.3 Å². The molecule has 1 aromatic heterocycles. The van der Waals surface area contributed by atoms with Crippen LogP contribution < -0.4 is 15.7 Å². The molecule has 0 bridgehead atoms. The van der Waals surface area contributed by atoms with Gasteiger partial charge in [0.25, 0.3) is 0 Å². The fraction of sp³-hybridized carbons (Fsp3) is 0.227. The van der Waals surface area contributed by atoms with Gasteiger partial charge in [0.2, 0.25) is 5.91 Å². The van der Waals surface area contributed by atoms with Gasteiger partial charge >= 0.3 is 5.63 Å². The smallest absolute Gasteiger partial charge is 0.340 e. The van der Waals surface area contributed by atoms with Crippen molar-refractivity contribution in [3.05, 3.63) is 69.1 Å². The normalized spacial score (nSPS) is 10.7. The molecular formula is C22H21NO5. The van der Waals surface area contributed by atoms with E-state index in [-0.39, 0.29) is 23.7 Å². The second-order valence-electron chi connectivity index (χ2n) is 6.69. The molecule has 0 aliphatic carbocycles. The first-order valence-electron chi connectivity index (χ1n) is 8.82. The Morgan fingerprint density at radius 2 is 1.79 bits per heavy atom. The number of methoxy groups -OCH3 is 1. The molecule has 1 N–H and O–H groups in total. The topological polar surface area (TPSA) is 85.6 Å². The number of hydrogen-bond acceptors (Lipinski definition) is 5. The van der Waals surface area contributed by atoms with E-state index in [1.165, 1.54) is 6.92 Å². The highest BCUT2D eigenvalue weighted by Crippen LogP contribution is 2.30. The van der Waals surface area contributed by atoms with Crippen molar-refractivity contribution in [2.24, 2.45) is 0 Å². The summed E-state index contributed by atoms with van der Waals surface area (Å²) in [5, 5.41) is 3.42. The number of carbonyl (C=O) groups is 2. The van der Waals surface area contributed by atoms with Gasteiger partial charge in [-0.25, -0.2) is 4.79 Å². The summed E-state index contributed by atoms with van der Waals surface area (Å²) in [5.74, 6) is 0.195. The molecule has 0 fully saturated rings. The van der Waals surface area contributed by atoms with Crippen molar-refractivity contribution in [1.82, 2.24) is 0 Å². The number of ether oxygens (including phenoxy) is 1. The largest absolute Gasteiger partial charge is 0.496 e. The summed E-state index contributed by atoms with van der Waals surface area (Å²) in [6.07, 6.45) is -0.129. The van der Waals surface area contributed by atoms with E-state index in [1.54, 1.807) is 44.4 Å². The lowest BCUT2D eigenvalue weighted by atomic mass is 10.0. The molecule has 0 radical (unpaired) electrons. The first kappa shape index (κ1) is 19.4. The molecule has 0 aliphatic rings. The molecule has 0 saturated carbocycles. The van der Waals surface area contributed by atoms with Crippen molar-refractivity contribution < 1.29 is 18.7 Å². The number of Topliss-reactive ketones (excluding diaryl/α,β-unsaturated/α-hetero) is 1. The van der Waals surface area contributed by atoms with Crippen molar-refractivity contribution in [1.29, 1.82) is 0 Å². The maximum absolute atomic E-state index is 12.5. The van der Waals surface area contributed by atoms with Gasteiger partial charge < -0.3 is 14.5 Å². The van der Waals surface area contributed by atoms with Crippen LogP contribution >= 0.6 is 0 Å². The third-order valence-corrected chi connectivity index (χ3v) is 4.62. The van der Waals surface area contributed by atoms with Gasteiger partial charge in [0.15, 0.2) is 5.78 Å². The molecule has 1 heterocycles. The number of rotatable bonds is 5. The molecule has 6 nitrogen and oxygen atoms in total. The Kier molecular flexibility index (Phi) is 5.31. The third kappa shape index (κ3) is 3.81. The van der Waals surface area contributed by atoms with Gasteiger partial charge in [0, 0.05) is 11.3 Å². The van der Waals surface area contributed by atoms with Crippen LogP contribution in [0.25, 0.3) is 11.0 Å². The summed E-state index contributed by atoms with van der Waals surface area (Å²) in [6.45, 7) is 5.14. The van der Waals surface area contributed by atoms with Gasteiger partial charge in [-0.15, -0.1) is 0 Å². The minimum atomic E-state index is -0.542. The third-order valence-electron chi connectivity index (χ3n) is 4.62. The average molecular weight is 379 g/mol. The molecule has 28 heavy (non-hydrogen) atoms. The summed E-state index contributed by atoms with van der Waals surface area (Å²) >= 11 is 0. The summed E-state index contributed by atoms with van der Waals surface area (Å²) < 4.78 is 10.9. The zero-order chi connectivity index (χ0) is 20.4. The molecule has 144 valence electrons. The maximum atomic E-state index is 12.5. The van der Waals surface area contributed by atoms with Gasteiger partial charge in [-0.05, 0) is 68.3 Å². The maximum Gasteiger partial charge on any atom is 0.340 e. The summed E-state index contributed by atoms with van der Waals surface area (Å²) in [7, 11) is 1.55.